The largest absolute Gasteiger partial charge is 0.368 e. The number of hydrogen-bond acceptors (Lipinski definition) is 3. The van der Waals surface area contributed by atoms with Crippen LogP contribution >= 0.6 is 11.6 Å². The van der Waals surface area contributed by atoms with Crippen molar-refractivity contribution in [2.75, 3.05) is 31.1 Å². The zero-order valence-electron chi connectivity index (χ0n) is 20.0. The number of carbonyl (C=O) groups is 1. The Bertz CT molecular complexity index is 1200. The molecule has 34 heavy (non-hydrogen) atoms. The normalized spacial score (nSPS) is 13.9. The molecule has 1 saturated heterocycles. The first kappa shape index (κ1) is 23.8. The van der Waals surface area contributed by atoms with Crippen LogP contribution < -0.4 is 4.90 Å². The van der Waals surface area contributed by atoms with Crippen LogP contribution in [0.25, 0.3) is 17.7 Å². The Hall–Kier alpha value is -3.37. The summed E-state index contributed by atoms with van der Waals surface area (Å²) in [5.41, 5.74) is 7.90. The van der Waals surface area contributed by atoms with Gasteiger partial charge < -0.3 is 9.80 Å². The summed E-state index contributed by atoms with van der Waals surface area (Å²) < 4.78 is 0. The second-order valence-corrected chi connectivity index (χ2v) is 9.24. The van der Waals surface area contributed by atoms with Crippen LogP contribution in [-0.4, -0.2) is 42.0 Å². The maximum Gasteiger partial charge on any atom is 0.219 e. The number of anilines is 1. The van der Waals surface area contributed by atoms with Gasteiger partial charge in [-0.1, -0.05) is 47.5 Å². The number of aromatic nitrogens is 1. The van der Waals surface area contributed by atoms with E-state index < -0.39 is 0 Å². The summed E-state index contributed by atoms with van der Waals surface area (Å²) in [6.45, 7) is 9.15. The molecule has 0 saturated carbocycles. The van der Waals surface area contributed by atoms with Gasteiger partial charge in [-0.25, -0.2) is 0 Å². The lowest BCUT2D eigenvalue weighted by atomic mass is 9.94. The number of nitrogens with zero attached hydrogens (tertiary/aromatic N) is 3. The smallest absolute Gasteiger partial charge is 0.219 e. The molecule has 0 bridgehead atoms. The molecule has 0 spiro atoms. The van der Waals surface area contributed by atoms with E-state index in [0.29, 0.717) is 5.02 Å². The maximum absolute atomic E-state index is 11.5. The molecule has 2 aromatic carbocycles. The molecule has 0 N–H and O–H groups in total. The molecule has 0 radical (unpaired) electrons. The first-order valence-corrected chi connectivity index (χ1v) is 12.0. The molecule has 4 nitrogen and oxygen atoms in total. The Kier molecular flexibility index (Phi) is 7.49. The summed E-state index contributed by atoms with van der Waals surface area (Å²) in [5.74, 6) is 0.154. The zero-order chi connectivity index (χ0) is 24.1. The van der Waals surface area contributed by atoms with E-state index in [9.17, 15) is 4.79 Å². The lowest BCUT2D eigenvalue weighted by Crippen LogP contribution is -2.48. The lowest BCUT2D eigenvalue weighted by Gasteiger charge is -2.35. The van der Waals surface area contributed by atoms with Crippen LogP contribution in [0.5, 0.6) is 0 Å². The Morgan fingerprint density at radius 1 is 0.882 bits per heavy atom. The minimum Gasteiger partial charge on any atom is -0.368 e. The van der Waals surface area contributed by atoms with E-state index in [1.54, 1.807) is 13.1 Å². The second kappa shape index (κ2) is 10.7. The molecule has 2 heterocycles. The highest BCUT2D eigenvalue weighted by Gasteiger charge is 2.18. The molecule has 0 aliphatic carbocycles. The number of amides is 1. The quantitative estimate of drug-likeness (QED) is 0.403. The molecule has 1 fully saturated rings. The first-order valence-electron chi connectivity index (χ1n) is 11.6. The standard InChI is InChI=1S/C29H30ClN3O/c1-21(2)29(25-5-4-12-31-20-25)26-17-24(18-27(30)19-26)7-6-23-8-10-28(11-9-23)33-15-13-32(14-16-33)22(3)34/h4-12,17-20H,13-16H2,1-3H3. The summed E-state index contributed by atoms with van der Waals surface area (Å²) in [6, 6.07) is 18.7. The average molecular weight is 472 g/mol. The number of pyridine rings is 1. The van der Waals surface area contributed by atoms with Crippen molar-refractivity contribution in [3.63, 3.8) is 0 Å². The molecular weight excluding hydrogens is 442 g/mol. The van der Waals surface area contributed by atoms with Gasteiger partial charge in [-0.05, 0) is 72.5 Å². The van der Waals surface area contributed by atoms with Crippen molar-refractivity contribution >= 4 is 40.9 Å². The van der Waals surface area contributed by atoms with Gasteiger partial charge in [0, 0.05) is 61.8 Å². The van der Waals surface area contributed by atoms with E-state index in [-0.39, 0.29) is 5.91 Å². The third-order valence-electron chi connectivity index (χ3n) is 6.11. The third kappa shape index (κ3) is 5.75. The van der Waals surface area contributed by atoms with E-state index in [1.807, 2.05) is 29.3 Å². The first-order chi connectivity index (χ1) is 16.4. The van der Waals surface area contributed by atoms with Gasteiger partial charge in [0.1, 0.15) is 0 Å². The van der Waals surface area contributed by atoms with Crippen LogP contribution in [0, 0.1) is 0 Å². The molecule has 1 aliphatic heterocycles. The summed E-state index contributed by atoms with van der Waals surface area (Å²) >= 11 is 6.50. The van der Waals surface area contributed by atoms with Gasteiger partial charge in [0.05, 0.1) is 0 Å². The van der Waals surface area contributed by atoms with Crippen molar-refractivity contribution < 1.29 is 4.79 Å². The van der Waals surface area contributed by atoms with Crippen molar-refractivity contribution in [1.29, 1.82) is 0 Å². The van der Waals surface area contributed by atoms with Gasteiger partial charge in [0.2, 0.25) is 5.91 Å². The van der Waals surface area contributed by atoms with Crippen molar-refractivity contribution in [2.45, 2.75) is 20.8 Å². The minimum absolute atomic E-state index is 0.154. The molecule has 1 aliphatic rings. The lowest BCUT2D eigenvalue weighted by molar-refractivity contribution is -0.129. The maximum atomic E-state index is 11.5. The summed E-state index contributed by atoms with van der Waals surface area (Å²) in [4.78, 5) is 20.1. The van der Waals surface area contributed by atoms with E-state index in [0.717, 1.165) is 54.0 Å². The number of carbonyl (C=O) groups excluding carboxylic acids is 1. The number of piperazine rings is 1. The van der Waals surface area contributed by atoms with Crippen LogP contribution in [-0.2, 0) is 4.79 Å². The molecule has 5 heteroatoms. The molecule has 1 aromatic heterocycles. The van der Waals surface area contributed by atoms with Crippen LogP contribution in [0.3, 0.4) is 0 Å². The van der Waals surface area contributed by atoms with Gasteiger partial charge >= 0.3 is 0 Å². The Morgan fingerprint density at radius 3 is 2.21 bits per heavy atom. The summed E-state index contributed by atoms with van der Waals surface area (Å²) in [6.07, 6.45) is 7.89. The van der Waals surface area contributed by atoms with E-state index in [1.165, 1.54) is 11.3 Å². The van der Waals surface area contributed by atoms with E-state index in [2.05, 4.69) is 72.3 Å². The molecule has 1 amide bonds. The molecule has 0 unspecified atom stereocenters. The van der Waals surface area contributed by atoms with Crippen LogP contribution in [0.4, 0.5) is 5.69 Å². The van der Waals surface area contributed by atoms with E-state index >= 15 is 0 Å². The van der Waals surface area contributed by atoms with Crippen LogP contribution in [0.1, 0.15) is 43.0 Å². The van der Waals surface area contributed by atoms with Crippen molar-refractivity contribution in [1.82, 2.24) is 9.88 Å². The SMILES string of the molecule is CC(=O)N1CCN(c2ccc(C=Cc3cc(Cl)cc(C(=C(C)C)c4cccnc4)c3)cc2)CC1. The third-order valence-corrected chi connectivity index (χ3v) is 6.33. The van der Waals surface area contributed by atoms with Gasteiger partial charge in [-0.3, -0.25) is 9.78 Å². The zero-order valence-corrected chi connectivity index (χ0v) is 20.7. The number of rotatable bonds is 5. The molecule has 3 aromatic rings. The molecule has 174 valence electrons. The monoisotopic (exact) mass is 471 g/mol. The van der Waals surface area contributed by atoms with Gasteiger partial charge in [-0.15, -0.1) is 0 Å². The predicted molar refractivity (Wildman–Crippen MR) is 143 cm³/mol. The highest BCUT2D eigenvalue weighted by atomic mass is 35.5. The topological polar surface area (TPSA) is 36.4 Å². The molecular formula is C29H30ClN3O. The van der Waals surface area contributed by atoms with Gasteiger partial charge in [0.25, 0.3) is 0 Å². The number of allylic oxidation sites excluding steroid dienone is 1. The second-order valence-electron chi connectivity index (χ2n) is 8.81. The highest BCUT2D eigenvalue weighted by molar-refractivity contribution is 6.31. The van der Waals surface area contributed by atoms with E-state index in [4.69, 9.17) is 11.6 Å². The summed E-state index contributed by atoms with van der Waals surface area (Å²) in [5, 5.41) is 0.708. The van der Waals surface area contributed by atoms with Gasteiger partial charge in [-0.2, -0.15) is 0 Å². The fourth-order valence-electron chi connectivity index (χ4n) is 4.38. The molecule has 0 atom stereocenters. The Labute approximate surface area is 207 Å². The minimum atomic E-state index is 0.154. The van der Waals surface area contributed by atoms with Crippen LogP contribution in [0.15, 0.2) is 72.6 Å². The van der Waals surface area contributed by atoms with Crippen molar-refractivity contribution in [3.8, 4) is 0 Å². The number of benzene rings is 2. The highest BCUT2D eigenvalue weighted by Crippen LogP contribution is 2.30. The fourth-order valence-corrected chi connectivity index (χ4v) is 4.62. The number of halogens is 1. The van der Waals surface area contributed by atoms with Crippen molar-refractivity contribution in [3.05, 3.63) is 99.8 Å². The predicted octanol–water partition coefficient (Wildman–Crippen LogP) is 6.42. The van der Waals surface area contributed by atoms with Gasteiger partial charge in [0.15, 0.2) is 0 Å². The Balaban J connectivity index is 1.50. The summed E-state index contributed by atoms with van der Waals surface area (Å²) in [7, 11) is 0. The fraction of sp³-hybridized carbons (Fsp3) is 0.241. The average Bonchev–Trinajstić information content (AvgIpc) is 2.83. The number of hydrogen-bond donors (Lipinski definition) is 0. The van der Waals surface area contributed by atoms with Crippen molar-refractivity contribution in [2.24, 2.45) is 0 Å². The molecule has 4 rings (SSSR count). The Morgan fingerprint density at radius 2 is 1.59 bits per heavy atom. The van der Waals surface area contributed by atoms with Crippen LogP contribution in [0.2, 0.25) is 5.02 Å².